The van der Waals surface area contributed by atoms with Crippen molar-refractivity contribution in [3.63, 3.8) is 0 Å². The lowest BCUT2D eigenvalue weighted by Crippen LogP contribution is -2.18. The molecule has 0 fully saturated rings. The number of aliphatic hydroxyl groups is 2. The van der Waals surface area contributed by atoms with E-state index in [1.165, 1.54) is 19.4 Å². The molecule has 0 spiro atoms. The van der Waals surface area contributed by atoms with Crippen LogP contribution in [0.25, 0.3) is 0 Å². The van der Waals surface area contributed by atoms with Crippen LogP contribution in [0.2, 0.25) is 0 Å². The highest BCUT2D eigenvalue weighted by Gasteiger charge is 2.20. The lowest BCUT2D eigenvalue weighted by Gasteiger charge is -2.15. The number of methoxy groups -OCH3 is 1. The quantitative estimate of drug-likeness (QED) is 0.558. The molecule has 0 aliphatic rings. The monoisotopic (exact) mass is 291 g/mol. The lowest BCUT2D eigenvalue weighted by atomic mass is 10.1. The number of aromatic amines is 1. The van der Waals surface area contributed by atoms with Gasteiger partial charge >= 0.3 is 5.97 Å². The maximum absolute atomic E-state index is 11.1. The maximum atomic E-state index is 11.1. The first kappa shape index (κ1) is 13.2. The Labute approximate surface area is 102 Å². The zero-order chi connectivity index (χ0) is 12.1. The summed E-state index contributed by atoms with van der Waals surface area (Å²) in [6, 6.07) is 1.47. The Hall–Kier alpha value is -0.850. The van der Waals surface area contributed by atoms with Gasteiger partial charge in [0.05, 0.1) is 13.2 Å². The number of aromatic nitrogens is 1. The van der Waals surface area contributed by atoms with Gasteiger partial charge in [-0.2, -0.15) is 0 Å². The molecule has 3 N–H and O–H groups in total. The molecule has 1 rings (SSSR count). The van der Waals surface area contributed by atoms with Crippen LogP contribution in [-0.4, -0.2) is 39.7 Å². The zero-order valence-corrected chi connectivity index (χ0v) is 10.4. The number of carbonyl (C=O) groups is 1. The molecule has 1 heterocycles. The van der Waals surface area contributed by atoms with Crippen LogP contribution in [0.15, 0.2) is 12.3 Å². The molecule has 0 aliphatic carbocycles. The van der Waals surface area contributed by atoms with Crippen LogP contribution in [0.1, 0.15) is 28.6 Å². The summed E-state index contributed by atoms with van der Waals surface area (Å²) in [4.78, 5) is 13.8. The average molecular weight is 292 g/mol. The van der Waals surface area contributed by atoms with Gasteiger partial charge < -0.3 is 19.9 Å². The first-order valence-electron chi connectivity index (χ1n) is 4.79. The fourth-order valence-electron chi connectivity index (χ4n) is 1.30. The van der Waals surface area contributed by atoms with E-state index in [1.807, 2.05) is 0 Å². The van der Waals surface area contributed by atoms with E-state index in [-0.39, 0.29) is 5.69 Å². The molecule has 1 aromatic heterocycles. The molecule has 0 aromatic carbocycles. The largest absolute Gasteiger partial charge is 0.464 e. The average Bonchev–Trinajstić information content (AvgIpc) is 2.76. The first-order chi connectivity index (χ1) is 7.60. The van der Waals surface area contributed by atoms with Gasteiger partial charge in [-0.3, -0.25) is 0 Å². The van der Waals surface area contributed by atoms with Gasteiger partial charge in [0.25, 0.3) is 0 Å². The number of esters is 1. The second-order valence-corrected chi connectivity index (χ2v) is 4.12. The summed E-state index contributed by atoms with van der Waals surface area (Å²) in [7, 11) is 1.28. The van der Waals surface area contributed by atoms with Gasteiger partial charge in [-0.05, 0) is 12.5 Å². The molecule has 2 atom stereocenters. The summed E-state index contributed by atoms with van der Waals surface area (Å²) in [5, 5.41) is 19.9. The molecule has 0 radical (unpaired) electrons. The smallest absolute Gasteiger partial charge is 0.354 e. The van der Waals surface area contributed by atoms with Gasteiger partial charge in [-0.1, -0.05) is 15.9 Å². The van der Waals surface area contributed by atoms with E-state index >= 15 is 0 Å². The van der Waals surface area contributed by atoms with Crippen molar-refractivity contribution in [3.8, 4) is 0 Å². The Kier molecular flexibility index (Phi) is 4.98. The Morgan fingerprint density at radius 2 is 2.31 bits per heavy atom. The highest BCUT2D eigenvalue weighted by molar-refractivity contribution is 9.09. The van der Waals surface area contributed by atoms with E-state index in [4.69, 9.17) is 0 Å². The minimum Gasteiger partial charge on any atom is -0.464 e. The Balaban J connectivity index is 2.73. The van der Waals surface area contributed by atoms with Crippen LogP contribution in [-0.2, 0) is 4.74 Å². The molecular formula is C10H14BrNO4. The van der Waals surface area contributed by atoms with Crippen LogP contribution in [0.4, 0.5) is 0 Å². The molecule has 90 valence electrons. The van der Waals surface area contributed by atoms with Gasteiger partial charge in [0, 0.05) is 17.1 Å². The molecule has 0 amide bonds. The van der Waals surface area contributed by atoms with Crippen LogP contribution in [0.3, 0.4) is 0 Å². The van der Waals surface area contributed by atoms with E-state index in [0.717, 1.165) is 0 Å². The van der Waals surface area contributed by atoms with Gasteiger partial charge in [0.15, 0.2) is 0 Å². The first-order valence-corrected chi connectivity index (χ1v) is 5.91. The fraction of sp³-hybridized carbons (Fsp3) is 0.500. The number of aliphatic hydroxyl groups excluding tert-OH is 2. The highest BCUT2D eigenvalue weighted by Crippen LogP contribution is 2.20. The third-order valence-corrected chi connectivity index (χ3v) is 2.68. The number of nitrogens with one attached hydrogen (secondary N) is 1. The van der Waals surface area contributed by atoms with Gasteiger partial charge in [0.1, 0.15) is 11.8 Å². The number of carbonyl (C=O) groups excluding carboxylic acids is 1. The molecule has 0 saturated carbocycles. The van der Waals surface area contributed by atoms with Crippen molar-refractivity contribution in [2.45, 2.75) is 18.6 Å². The number of alkyl halides is 1. The summed E-state index contributed by atoms with van der Waals surface area (Å²) < 4.78 is 4.52. The van der Waals surface area contributed by atoms with Crippen LogP contribution >= 0.6 is 15.9 Å². The summed E-state index contributed by atoms with van der Waals surface area (Å²) >= 11 is 3.18. The molecule has 1 aromatic rings. The van der Waals surface area contributed by atoms with Crippen molar-refractivity contribution < 1.29 is 19.7 Å². The van der Waals surface area contributed by atoms with Gasteiger partial charge in [-0.25, -0.2) is 4.79 Å². The Bertz CT molecular complexity index is 352. The summed E-state index contributed by atoms with van der Waals surface area (Å²) in [5.74, 6) is -0.506. The molecule has 6 heteroatoms. The van der Waals surface area contributed by atoms with Crippen molar-refractivity contribution in [2.75, 3.05) is 12.4 Å². The van der Waals surface area contributed by atoms with Crippen molar-refractivity contribution in [3.05, 3.63) is 23.5 Å². The van der Waals surface area contributed by atoms with E-state index in [2.05, 4.69) is 25.7 Å². The minimum absolute atomic E-state index is 0.252. The summed E-state index contributed by atoms with van der Waals surface area (Å²) in [6.45, 7) is 0. The predicted molar refractivity (Wildman–Crippen MR) is 61.5 cm³/mol. The van der Waals surface area contributed by atoms with Crippen molar-refractivity contribution in [1.29, 1.82) is 0 Å². The predicted octanol–water partition coefficient (Wildman–Crippen LogP) is 0.981. The Morgan fingerprint density at radius 3 is 2.88 bits per heavy atom. The van der Waals surface area contributed by atoms with E-state index < -0.39 is 18.2 Å². The SMILES string of the molecule is COC(=O)c1cc(C(O)C(O)CCBr)c[nH]1. The van der Waals surface area contributed by atoms with E-state index in [9.17, 15) is 15.0 Å². The topological polar surface area (TPSA) is 82.6 Å². The standard InChI is InChI=1S/C10H14BrNO4/c1-16-10(15)7-4-6(5-12-7)9(14)8(13)2-3-11/h4-5,8-9,12-14H,2-3H2,1H3. The summed E-state index contributed by atoms with van der Waals surface area (Å²) in [5.41, 5.74) is 0.719. The third-order valence-electron chi connectivity index (χ3n) is 2.22. The van der Waals surface area contributed by atoms with E-state index in [0.29, 0.717) is 17.3 Å². The van der Waals surface area contributed by atoms with Crippen molar-refractivity contribution >= 4 is 21.9 Å². The van der Waals surface area contributed by atoms with Gasteiger partial charge in [-0.15, -0.1) is 0 Å². The second-order valence-electron chi connectivity index (χ2n) is 3.33. The fourth-order valence-corrected chi connectivity index (χ4v) is 1.77. The van der Waals surface area contributed by atoms with Gasteiger partial charge in [0.2, 0.25) is 0 Å². The number of H-pyrrole nitrogens is 1. The van der Waals surface area contributed by atoms with Crippen molar-refractivity contribution in [2.24, 2.45) is 0 Å². The maximum Gasteiger partial charge on any atom is 0.354 e. The molecule has 0 saturated heterocycles. The normalized spacial score (nSPS) is 14.5. The lowest BCUT2D eigenvalue weighted by molar-refractivity contribution is 0.0174. The highest BCUT2D eigenvalue weighted by atomic mass is 79.9. The number of hydrogen-bond donors (Lipinski definition) is 3. The Morgan fingerprint density at radius 1 is 1.62 bits per heavy atom. The molecule has 2 unspecified atom stereocenters. The van der Waals surface area contributed by atoms with Crippen LogP contribution < -0.4 is 0 Å². The molecule has 5 nitrogen and oxygen atoms in total. The molecule has 0 bridgehead atoms. The van der Waals surface area contributed by atoms with Crippen LogP contribution in [0, 0.1) is 0 Å². The number of rotatable bonds is 5. The third kappa shape index (κ3) is 3.07. The molecule has 16 heavy (non-hydrogen) atoms. The number of halogens is 1. The second kappa shape index (κ2) is 6.03. The summed E-state index contributed by atoms with van der Waals surface area (Å²) in [6.07, 6.45) is 0.0433. The van der Waals surface area contributed by atoms with Crippen LogP contribution in [0.5, 0.6) is 0 Å². The number of ether oxygens (including phenoxy) is 1. The minimum atomic E-state index is -1.01. The molecule has 0 aliphatic heterocycles. The van der Waals surface area contributed by atoms with Crippen molar-refractivity contribution in [1.82, 2.24) is 4.98 Å². The molecular weight excluding hydrogens is 278 g/mol. The number of hydrogen-bond acceptors (Lipinski definition) is 4. The zero-order valence-electron chi connectivity index (χ0n) is 8.81. The van der Waals surface area contributed by atoms with E-state index in [1.54, 1.807) is 0 Å².